The first-order chi connectivity index (χ1) is 8.56. The number of anilines is 1. The van der Waals surface area contributed by atoms with Crippen LogP contribution >= 0.6 is 0 Å². The smallest absolute Gasteiger partial charge is 0.356 e. The Kier molecular flexibility index (Phi) is 5.55. The lowest BCUT2D eigenvalue weighted by Gasteiger charge is -2.27. The average molecular weight is 251 g/mol. The third kappa shape index (κ3) is 3.98. The summed E-state index contributed by atoms with van der Waals surface area (Å²) in [6.07, 6.45) is 6.32. The molecule has 0 fully saturated rings. The van der Waals surface area contributed by atoms with Crippen LogP contribution in [-0.2, 0) is 0 Å². The summed E-state index contributed by atoms with van der Waals surface area (Å²) in [6, 6.07) is 0.326. The fourth-order valence-corrected chi connectivity index (χ4v) is 1.75. The zero-order valence-electron chi connectivity index (χ0n) is 11.3. The van der Waals surface area contributed by atoms with E-state index in [1.54, 1.807) is 0 Å². The van der Waals surface area contributed by atoms with Gasteiger partial charge in [0, 0.05) is 12.6 Å². The summed E-state index contributed by atoms with van der Waals surface area (Å²) in [5.41, 5.74) is -0.0176. The van der Waals surface area contributed by atoms with E-state index in [1.165, 1.54) is 25.2 Å². The number of carbonyl (C=O) groups is 1. The van der Waals surface area contributed by atoms with Gasteiger partial charge in [-0.05, 0) is 20.3 Å². The van der Waals surface area contributed by atoms with E-state index in [9.17, 15) is 4.79 Å². The molecule has 1 aromatic rings. The summed E-state index contributed by atoms with van der Waals surface area (Å²) in [5.74, 6) is -0.303. The van der Waals surface area contributed by atoms with Crippen molar-refractivity contribution in [3.63, 3.8) is 0 Å². The van der Waals surface area contributed by atoms with Crippen LogP contribution in [0.25, 0.3) is 0 Å². The van der Waals surface area contributed by atoms with Gasteiger partial charge in [0.1, 0.15) is 5.82 Å². The van der Waals surface area contributed by atoms with Crippen molar-refractivity contribution in [1.82, 2.24) is 9.97 Å². The number of carboxylic acids is 1. The van der Waals surface area contributed by atoms with E-state index in [2.05, 4.69) is 35.6 Å². The molecule has 0 aliphatic heterocycles. The van der Waals surface area contributed by atoms with E-state index in [0.29, 0.717) is 6.04 Å². The highest BCUT2D eigenvalue weighted by Gasteiger charge is 2.13. The molecule has 0 aliphatic rings. The summed E-state index contributed by atoms with van der Waals surface area (Å²) in [4.78, 5) is 20.9. The molecule has 1 heterocycles. The van der Waals surface area contributed by atoms with Gasteiger partial charge in [0.2, 0.25) is 0 Å². The number of unbranched alkanes of at least 4 members (excludes halogenated alkanes) is 2. The van der Waals surface area contributed by atoms with Crippen LogP contribution in [0.1, 0.15) is 50.5 Å². The lowest BCUT2D eigenvalue weighted by atomic mass is 10.2. The number of carboxylic acid groups (broad SMARTS) is 1. The second-order valence-electron chi connectivity index (χ2n) is 4.56. The fourth-order valence-electron chi connectivity index (χ4n) is 1.75. The Balaban J connectivity index is 2.75. The molecule has 1 rings (SSSR count). The van der Waals surface area contributed by atoms with Crippen molar-refractivity contribution in [2.45, 2.75) is 46.1 Å². The number of nitrogens with zero attached hydrogens (tertiary/aromatic N) is 3. The minimum absolute atomic E-state index is 0.0176. The molecule has 0 atom stereocenters. The molecule has 1 aromatic heterocycles. The van der Waals surface area contributed by atoms with Gasteiger partial charge in [0.05, 0.1) is 12.4 Å². The largest absolute Gasteiger partial charge is 0.476 e. The molecule has 0 radical (unpaired) electrons. The van der Waals surface area contributed by atoms with E-state index in [0.717, 1.165) is 18.8 Å². The fraction of sp³-hybridized carbons (Fsp3) is 0.615. The van der Waals surface area contributed by atoms with E-state index in [-0.39, 0.29) is 5.69 Å². The van der Waals surface area contributed by atoms with Crippen LogP contribution in [0.4, 0.5) is 5.82 Å². The van der Waals surface area contributed by atoms with Crippen LogP contribution in [0.2, 0.25) is 0 Å². The highest BCUT2D eigenvalue weighted by Crippen LogP contribution is 2.14. The van der Waals surface area contributed by atoms with Gasteiger partial charge in [0.15, 0.2) is 5.69 Å². The van der Waals surface area contributed by atoms with Crippen LogP contribution < -0.4 is 4.90 Å². The molecule has 0 amide bonds. The van der Waals surface area contributed by atoms with Gasteiger partial charge >= 0.3 is 5.97 Å². The van der Waals surface area contributed by atoms with Crippen molar-refractivity contribution in [2.75, 3.05) is 11.4 Å². The predicted octanol–water partition coefficient (Wildman–Crippen LogP) is 2.58. The molecule has 0 bridgehead atoms. The molecule has 100 valence electrons. The molecule has 0 unspecified atom stereocenters. The van der Waals surface area contributed by atoms with Crippen LogP contribution in [0.5, 0.6) is 0 Å². The number of aromatic nitrogens is 2. The highest BCUT2D eigenvalue weighted by atomic mass is 16.4. The van der Waals surface area contributed by atoms with Crippen molar-refractivity contribution in [3.8, 4) is 0 Å². The van der Waals surface area contributed by atoms with Gasteiger partial charge in [-0.15, -0.1) is 0 Å². The Morgan fingerprint density at radius 2 is 2.06 bits per heavy atom. The molecule has 0 saturated carbocycles. The van der Waals surface area contributed by atoms with E-state index in [1.807, 2.05) is 0 Å². The summed E-state index contributed by atoms with van der Waals surface area (Å²) in [6.45, 7) is 7.28. The summed E-state index contributed by atoms with van der Waals surface area (Å²) in [5, 5.41) is 8.78. The molecule has 1 N–H and O–H groups in total. The molecule has 18 heavy (non-hydrogen) atoms. The van der Waals surface area contributed by atoms with Crippen molar-refractivity contribution < 1.29 is 9.90 Å². The maximum absolute atomic E-state index is 10.7. The van der Waals surface area contributed by atoms with Crippen LogP contribution in [-0.4, -0.2) is 33.6 Å². The Morgan fingerprint density at radius 1 is 1.33 bits per heavy atom. The van der Waals surface area contributed by atoms with Gasteiger partial charge in [-0.25, -0.2) is 14.8 Å². The zero-order valence-corrected chi connectivity index (χ0v) is 11.3. The number of hydrogen-bond acceptors (Lipinski definition) is 4. The normalized spacial score (nSPS) is 10.7. The lowest BCUT2D eigenvalue weighted by molar-refractivity contribution is 0.0690. The SMILES string of the molecule is CCCCCN(c1cnc(C(=O)O)cn1)C(C)C. The van der Waals surface area contributed by atoms with Crippen molar-refractivity contribution in [3.05, 3.63) is 18.1 Å². The quantitative estimate of drug-likeness (QED) is 0.754. The van der Waals surface area contributed by atoms with Gasteiger partial charge in [0.25, 0.3) is 0 Å². The topological polar surface area (TPSA) is 66.3 Å². The van der Waals surface area contributed by atoms with E-state index >= 15 is 0 Å². The number of rotatable bonds is 7. The van der Waals surface area contributed by atoms with Gasteiger partial charge in [-0.1, -0.05) is 19.8 Å². The molecular weight excluding hydrogens is 230 g/mol. The molecule has 0 saturated heterocycles. The Hall–Kier alpha value is -1.65. The summed E-state index contributed by atoms with van der Waals surface area (Å²) < 4.78 is 0. The predicted molar refractivity (Wildman–Crippen MR) is 71.0 cm³/mol. The second-order valence-corrected chi connectivity index (χ2v) is 4.56. The lowest BCUT2D eigenvalue weighted by Crippen LogP contribution is -2.32. The molecule has 5 nitrogen and oxygen atoms in total. The van der Waals surface area contributed by atoms with E-state index in [4.69, 9.17) is 5.11 Å². The second kappa shape index (κ2) is 6.93. The van der Waals surface area contributed by atoms with Gasteiger partial charge in [-0.2, -0.15) is 0 Å². The Labute approximate surface area is 108 Å². The Bertz CT molecular complexity index is 376. The third-order valence-corrected chi connectivity index (χ3v) is 2.78. The minimum atomic E-state index is -1.05. The van der Waals surface area contributed by atoms with Crippen LogP contribution in [0.3, 0.4) is 0 Å². The first kappa shape index (κ1) is 14.4. The maximum atomic E-state index is 10.7. The molecule has 5 heteroatoms. The summed E-state index contributed by atoms with van der Waals surface area (Å²) >= 11 is 0. The van der Waals surface area contributed by atoms with Gasteiger partial charge in [-0.3, -0.25) is 0 Å². The molecule has 0 aromatic carbocycles. The molecular formula is C13H21N3O2. The van der Waals surface area contributed by atoms with Crippen LogP contribution in [0.15, 0.2) is 12.4 Å². The van der Waals surface area contributed by atoms with Crippen molar-refractivity contribution >= 4 is 11.8 Å². The Morgan fingerprint density at radius 3 is 2.50 bits per heavy atom. The average Bonchev–Trinajstić information content (AvgIpc) is 2.34. The van der Waals surface area contributed by atoms with Crippen molar-refractivity contribution in [2.24, 2.45) is 0 Å². The first-order valence-electron chi connectivity index (χ1n) is 6.38. The minimum Gasteiger partial charge on any atom is -0.476 e. The zero-order chi connectivity index (χ0) is 13.5. The van der Waals surface area contributed by atoms with E-state index < -0.39 is 5.97 Å². The molecule has 0 aliphatic carbocycles. The first-order valence-corrected chi connectivity index (χ1v) is 6.38. The van der Waals surface area contributed by atoms with Crippen molar-refractivity contribution in [1.29, 1.82) is 0 Å². The van der Waals surface area contributed by atoms with Crippen LogP contribution in [0, 0.1) is 0 Å². The number of hydrogen-bond donors (Lipinski definition) is 1. The summed E-state index contributed by atoms with van der Waals surface area (Å²) in [7, 11) is 0. The third-order valence-electron chi connectivity index (χ3n) is 2.78. The molecule has 0 spiro atoms. The van der Waals surface area contributed by atoms with Gasteiger partial charge < -0.3 is 10.0 Å². The highest BCUT2D eigenvalue weighted by molar-refractivity contribution is 5.84. The monoisotopic (exact) mass is 251 g/mol. The maximum Gasteiger partial charge on any atom is 0.356 e. The standard InChI is InChI=1S/C13H21N3O2/c1-4-5-6-7-16(10(2)3)12-9-14-11(8-15-12)13(17)18/h8-10H,4-7H2,1-3H3,(H,17,18). The number of aromatic carboxylic acids is 1.